The van der Waals surface area contributed by atoms with Crippen molar-refractivity contribution in [2.75, 3.05) is 0 Å². The predicted molar refractivity (Wildman–Crippen MR) is 84.3 cm³/mol. The molecule has 0 bridgehead atoms. The highest BCUT2D eigenvalue weighted by molar-refractivity contribution is 7.99. The van der Waals surface area contributed by atoms with E-state index in [1.165, 1.54) is 36.7 Å². The van der Waals surface area contributed by atoms with Crippen LogP contribution in [-0.4, -0.2) is 35.8 Å². The van der Waals surface area contributed by atoms with E-state index in [-0.39, 0.29) is 21.7 Å². The zero-order valence-corrected chi connectivity index (χ0v) is 13.6. The first-order chi connectivity index (χ1) is 12.3. The Morgan fingerprint density at radius 2 is 1.88 bits per heavy atom. The molecular formula is C14H9F3N6O2S. The van der Waals surface area contributed by atoms with Gasteiger partial charge in [-0.1, -0.05) is 0 Å². The number of nitro groups is 1. The van der Waals surface area contributed by atoms with E-state index in [1.54, 1.807) is 0 Å². The fourth-order valence-corrected chi connectivity index (χ4v) is 2.81. The van der Waals surface area contributed by atoms with Gasteiger partial charge in [0.25, 0.3) is 5.69 Å². The lowest BCUT2D eigenvalue weighted by Gasteiger charge is -2.12. The van der Waals surface area contributed by atoms with Gasteiger partial charge in [0.2, 0.25) is 0 Å². The molecule has 0 fully saturated rings. The van der Waals surface area contributed by atoms with E-state index in [0.29, 0.717) is 5.56 Å². The maximum atomic E-state index is 13.0. The summed E-state index contributed by atoms with van der Waals surface area (Å²) in [7, 11) is 0. The summed E-state index contributed by atoms with van der Waals surface area (Å²) in [5.74, 6) is 0.0362. The van der Waals surface area contributed by atoms with Crippen LogP contribution in [0.2, 0.25) is 0 Å². The zero-order valence-electron chi connectivity index (χ0n) is 12.8. The quantitative estimate of drug-likeness (QED) is 0.493. The lowest BCUT2D eigenvalue weighted by atomic mass is 10.2. The Bertz CT molecular complexity index is 915. The molecular weight excluding hydrogens is 373 g/mol. The Morgan fingerprint density at radius 1 is 1.15 bits per heavy atom. The molecule has 0 saturated carbocycles. The molecule has 0 amide bonds. The molecule has 0 aliphatic rings. The second-order valence-corrected chi connectivity index (χ2v) is 5.94. The van der Waals surface area contributed by atoms with E-state index in [9.17, 15) is 23.3 Å². The van der Waals surface area contributed by atoms with Crippen LogP contribution in [0.15, 0.2) is 53.0 Å². The van der Waals surface area contributed by atoms with Crippen LogP contribution in [0.1, 0.15) is 0 Å². The number of alkyl halides is 3. The number of rotatable bonds is 5. The predicted octanol–water partition coefficient (Wildman–Crippen LogP) is 3.36. The van der Waals surface area contributed by atoms with Gasteiger partial charge in [0.05, 0.1) is 4.92 Å². The normalized spacial score (nSPS) is 11.5. The topological polar surface area (TPSA) is 99.6 Å². The molecule has 0 radical (unpaired) electrons. The molecule has 0 saturated heterocycles. The van der Waals surface area contributed by atoms with Crippen molar-refractivity contribution in [2.45, 2.75) is 22.9 Å². The van der Waals surface area contributed by atoms with E-state index >= 15 is 0 Å². The van der Waals surface area contributed by atoms with Gasteiger partial charge >= 0.3 is 6.18 Å². The average Bonchev–Trinajstić information content (AvgIpc) is 2.97. The standard InChI is InChI=1S/C14H9F3N6O2S/c15-14(16,17)8-22-12(9-3-5-18-6-4-9)20-21-13(22)26-11-2-1-10(7-19-11)23(24)25/h1-7H,8H2. The summed E-state index contributed by atoms with van der Waals surface area (Å²) in [5, 5.41) is 18.5. The third-order valence-corrected chi connectivity index (χ3v) is 4.06. The van der Waals surface area contributed by atoms with E-state index in [1.807, 2.05) is 0 Å². The number of nitrogens with zero attached hydrogens (tertiary/aromatic N) is 6. The molecule has 12 heteroatoms. The fraction of sp³-hybridized carbons (Fsp3) is 0.143. The SMILES string of the molecule is O=[N+]([O-])c1ccc(Sc2nnc(-c3ccncc3)n2CC(F)(F)F)nc1. The first kappa shape index (κ1) is 17.8. The highest BCUT2D eigenvalue weighted by atomic mass is 32.2. The van der Waals surface area contributed by atoms with Gasteiger partial charge in [-0.05, 0) is 30.0 Å². The second-order valence-electron chi connectivity index (χ2n) is 4.96. The molecule has 0 atom stereocenters. The third kappa shape index (κ3) is 4.14. The number of hydrogen-bond acceptors (Lipinski definition) is 7. The summed E-state index contributed by atoms with van der Waals surface area (Å²) >= 11 is 0.831. The molecule has 3 aromatic heterocycles. The van der Waals surface area contributed by atoms with Crippen molar-refractivity contribution in [1.29, 1.82) is 0 Å². The Labute approximate surface area is 148 Å². The maximum absolute atomic E-state index is 13.0. The smallest absolute Gasteiger partial charge is 0.293 e. The summed E-state index contributed by atoms with van der Waals surface area (Å²) in [6, 6.07) is 5.59. The molecule has 3 rings (SSSR count). The van der Waals surface area contributed by atoms with Crippen molar-refractivity contribution < 1.29 is 18.1 Å². The molecule has 0 aliphatic heterocycles. The van der Waals surface area contributed by atoms with Crippen LogP contribution in [0.4, 0.5) is 18.9 Å². The van der Waals surface area contributed by atoms with Crippen LogP contribution < -0.4 is 0 Å². The number of hydrogen-bond donors (Lipinski definition) is 0. The lowest BCUT2D eigenvalue weighted by molar-refractivity contribution is -0.385. The van der Waals surface area contributed by atoms with Gasteiger partial charge in [-0.15, -0.1) is 10.2 Å². The van der Waals surface area contributed by atoms with E-state index < -0.39 is 17.6 Å². The van der Waals surface area contributed by atoms with Gasteiger partial charge in [-0.2, -0.15) is 13.2 Å². The van der Waals surface area contributed by atoms with Crippen molar-refractivity contribution in [3.8, 4) is 11.4 Å². The molecule has 3 aromatic rings. The van der Waals surface area contributed by atoms with Gasteiger partial charge in [0.1, 0.15) is 17.8 Å². The van der Waals surface area contributed by atoms with Crippen molar-refractivity contribution in [2.24, 2.45) is 0 Å². The first-order valence-electron chi connectivity index (χ1n) is 7.02. The minimum atomic E-state index is -4.48. The van der Waals surface area contributed by atoms with Crippen LogP contribution >= 0.6 is 11.8 Å². The Kier molecular flexibility index (Phi) is 4.84. The van der Waals surface area contributed by atoms with Crippen molar-refractivity contribution in [1.82, 2.24) is 24.7 Å². The van der Waals surface area contributed by atoms with Gasteiger partial charge in [-0.3, -0.25) is 19.7 Å². The molecule has 0 spiro atoms. The molecule has 0 aromatic carbocycles. The van der Waals surface area contributed by atoms with E-state index in [2.05, 4.69) is 20.2 Å². The molecule has 0 aliphatic carbocycles. The van der Waals surface area contributed by atoms with Gasteiger partial charge in [-0.25, -0.2) is 4.98 Å². The number of pyridine rings is 2. The highest BCUT2D eigenvalue weighted by Crippen LogP contribution is 2.31. The van der Waals surface area contributed by atoms with Crippen LogP contribution in [-0.2, 0) is 6.54 Å². The average molecular weight is 382 g/mol. The largest absolute Gasteiger partial charge is 0.406 e. The second kappa shape index (κ2) is 7.07. The van der Waals surface area contributed by atoms with Crippen LogP contribution in [0, 0.1) is 10.1 Å². The summed E-state index contributed by atoms with van der Waals surface area (Å²) in [6.07, 6.45) is -0.585. The van der Waals surface area contributed by atoms with Gasteiger partial charge < -0.3 is 0 Å². The zero-order chi connectivity index (χ0) is 18.7. The van der Waals surface area contributed by atoms with Gasteiger partial charge in [0, 0.05) is 24.0 Å². The molecule has 134 valence electrons. The molecule has 0 N–H and O–H groups in total. The van der Waals surface area contributed by atoms with Crippen LogP contribution in [0.3, 0.4) is 0 Å². The lowest BCUT2D eigenvalue weighted by Crippen LogP contribution is -2.19. The monoisotopic (exact) mass is 382 g/mol. The van der Waals surface area contributed by atoms with Crippen molar-refractivity contribution in [3.63, 3.8) is 0 Å². The van der Waals surface area contributed by atoms with Crippen LogP contribution in [0.25, 0.3) is 11.4 Å². The Balaban J connectivity index is 1.96. The molecule has 3 heterocycles. The Hall–Kier alpha value is -3.02. The van der Waals surface area contributed by atoms with Gasteiger partial charge in [0.15, 0.2) is 11.0 Å². The molecule has 0 unspecified atom stereocenters. The van der Waals surface area contributed by atoms with E-state index in [4.69, 9.17) is 0 Å². The number of aromatic nitrogens is 5. The van der Waals surface area contributed by atoms with Crippen molar-refractivity contribution >= 4 is 17.4 Å². The number of halogens is 3. The summed E-state index contributed by atoms with van der Waals surface area (Å²) in [5.41, 5.74) is 0.212. The third-order valence-electron chi connectivity index (χ3n) is 3.12. The maximum Gasteiger partial charge on any atom is 0.406 e. The summed E-state index contributed by atoms with van der Waals surface area (Å²) < 4.78 is 39.9. The van der Waals surface area contributed by atoms with Crippen molar-refractivity contribution in [3.05, 3.63) is 53.0 Å². The van der Waals surface area contributed by atoms with Crippen LogP contribution in [0.5, 0.6) is 0 Å². The fourth-order valence-electron chi connectivity index (χ4n) is 2.03. The highest BCUT2D eigenvalue weighted by Gasteiger charge is 2.31. The van der Waals surface area contributed by atoms with E-state index in [0.717, 1.165) is 22.5 Å². The first-order valence-corrected chi connectivity index (χ1v) is 7.84. The minimum absolute atomic E-state index is 0.0320. The molecule has 8 nitrogen and oxygen atoms in total. The Morgan fingerprint density at radius 3 is 2.46 bits per heavy atom. The summed E-state index contributed by atoms with van der Waals surface area (Å²) in [4.78, 5) is 17.7. The minimum Gasteiger partial charge on any atom is -0.293 e. The summed E-state index contributed by atoms with van der Waals surface area (Å²) in [6.45, 7) is -1.28. The molecule has 26 heavy (non-hydrogen) atoms.